The number of rotatable bonds is 5. The molecule has 96 valence electrons. The number of terminal acetylenes is 1. The molecule has 3 nitrogen and oxygen atoms in total. The summed E-state index contributed by atoms with van der Waals surface area (Å²) in [6.07, 6.45) is 17.6. The van der Waals surface area contributed by atoms with Crippen LogP contribution in [-0.2, 0) is 13.1 Å². The fraction of sp³-hybridized carbons (Fsp3) is 0.533. The van der Waals surface area contributed by atoms with Gasteiger partial charge in [0.1, 0.15) is 6.54 Å². The smallest absolute Gasteiger partial charge is 0.101 e. The third kappa shape index (κ3) is 3.75. The molecule has 1 aliphatic rings. The Bertz CT molecular complexity index is 439. The van der Waals surface area contributed by atoms with Crippen molar-refractivity contribution in [2.45, 2.75) is 32.4 Å². The summed E-state index contributed by atoms with van der Waals surface area (Å²) in [6.45, 7) is 2.66. The average molecular weight is 243 g/mol. The summed E-state index contributed by atoms with van der Waals surface area (Å²) in [4.78, 5) is 2.38. The monoisotopic (exact) mass is 243 g/mol. The van der Waals surface area contributed by atoms with Crippen molar-refractivity contribution < 1.29 is 0 Å². The molecule has 0 aliphatic heterocycles. The molecule has 1 aliphatic carbocycles. The molecule has 18 heavy (non-hydrogen) atoms. The molecule has 0 spiro atoms. The Kier molecular flexibility index (Phi) is 4.60. The lowest BCUT2D eigenvalue weighted by Crippen LogP contribution is -2.25. The summed E-state index contributed by atoms with van der Waals surface area (Å²) < 4.78 is 1.81. The molecule has 3 heteroatoms. The highest BCUT2D eigenvalue weighted by Crippen LogP contribution is 2.19. The van der Waals surface area contributed by atoms with Crippen molar-refractivity contribution in [3.63, 3.8) is 0 Å². The summed E-state index contributed by atoms with van der Waals surface area (Å²) in [6, 6.07) is 0. The zero-order chi connectivity index (χ0) is 12.8. The summed E-state index contributed by atoms with van der Waals surface area (Å²) in [7, 11) is 2.18. The topological polar surface area (TPSA) is 21.1 Å². The van der Waals surface area contributed by atoms with Gasteiger partial charge in [0, 0.05) is 24.8 Å². The van der Waals surface area contributed by atoms with E-state index < -0.39 is 0 Å². The van der Waals surface area contributed by atoms with E-state index in [1.165, 1.54) is 24.8 Å². The number of hydrogen-bond acceptors (Lipinski definition) is 2. The first kappa shape index (κ1) is 12.9. The van der Waals surface area contributed by atoms with Crippen LogP contribution < -0.4 is 0 Å². The maximum atomic E-state index is 5.27. The molecule has 1 aromatic heterocycles. The van der Waals surface area contributed by atoms with Crippen molar-refractivity contribution in [2.75, 3.05) is 13.6 Å². The Hall–Kier alpha value is -1.53. The number of hydrogen-bond donors (Lipinski definition) is 0. The van der Waals surface area contributed by atoms with Crippen LogP contribution in [0.3, 0.4) is 0 Å². The highest BCUT2D eigenvalue weighted by Gasteiger charge is 2.13. The first-order valence-electron chi connectivity index (χ1n) is 6.56. The van der Waals surface area contributed by atoms with Gasteiger partial charge in [-0.25, -0.2) is 0 Å². The number of nitrogens with zero attached hydrogens (tertiary/aromatic N) is 3. The summed E-state index contributed by atoms with van der Waals surface area (Å²) in [5.41, 5.74) is 1.24. The van der Waals surface area contributed by atoms with Crippen LogP contribution in [0.5, 0.6) is 0 Å². The second-order valence-electron chi connectivity index (χ2n) is 5.10. The van der Waals surface area contributed by atoms with Crippen molar-refractivity contribution in [3.8, 4) is 12.3 Å². The molecule has 0 fully saturated rings. The SMILES string of the molecule is C#CCn1cc(CN(C)C[C@H]2CC=CCC2)cn1. The Morgan fingerprint density at radius 2 is 2.44 bits per heavy atom. The van der Waals surface area contributed by atoms with Gasteiger partial charge in [0.25, 0.3) is 0 Å². The maximum absolute atomic E-state index is 5.27. The summed E-state index contributed by atoms with van der Waals surface area (Å²) in [5.74, 6) is 3.40. The molecule has 0 aromatic carbocycles. The molecule has 0 saturated carbocycles. The normalized spacial score (nSPS) is 19.1. The quantitative estimate of drug-likeness (QED) is 0.584. The fourth-order valence-electron chi connectivity index (χ4n) is 2.51. The fourth-order valence-corrected chi connectivity index (χ4v) is 2.51. The molecule has 0 N–H and O–H groups in total. The molecule has 1 heterocycles. The molecule has 0 unspecified atom stereocenters. The third-order valence-corrected chi connectivity index (χ3v) is 3.34. The van der Waals surface area contributed by atoms with Crippen molar-refractivity contribution >= 4 is 0 Å². The van der Waals surface area contributed by atoms with Gasteiger partial charge in [-0.3, -0.25) is 4.68 Å². The molecule has 1 atom stereocenters. The van der Waals surface area contributed by atoms with E-state index in [1.54, 1.807) is 0 Å². The Labute approximate surface area is 109 Å². The Morgan fingerprint density at radius 3 is 3.17 bits per heavy atom. The average Bonchev–Trinajstić information content (AvgIpc) is 2.78. The van der Waals surface area contributed by atoms with Crippen LogP contribution in [0.25, 0.3) is 0 Å². The van der Waals surface area contributed by atoms with Crippen LogP contribution in [0.2, 0.25) is 0 Å². The molecule has 0 bridgehead atoms. The van der Waals surface area contributed by atoms with Gasteiger partial charge < -0.3 is 4.90 Å². The van der Waals surface area contributed by atoms with E-state index in [-0.39, 0.29) is 0 Å². The molecular formula is C15H21N3. The lowest BCUT2D eigenvalue weighted by Gasteiger charge is -2.24. The first-order valence-corrected chi connectivity index (χ1v) is 6.56. The van der Waals surface area contributed by atoms with Crippen molar-refractivity contribution in [2.24, 2.45) is 5.92 Å². The zero-order valence-corrected chi connectivity index (χ0v) is 11.0. The van der Waals surface area contributed by atoms with Crippen LogP contribution in [0.1, 0.15) is 24.8 Å². The minimum absolute atomic E-state index is 0.553. The van der Waals surface area contributed by atoms with E-state index in [2.05, 4.69) is 35.1 Å². The van der Waals surface area contributed by atoms with Gasteiger partial charge in [0.15, 0.2) is 0 Å². The van der Waals surface area contributed by atoms with Crippen LogP contribution in [-0.4, -0.2) is 28.3 Å². The highest BCUT2D eigenvalue weighted by molar-refractivity contribution is 5.04. The predicted molar refractivity (Wildman–Crippen MR) is 73.9 cm³/mol. The molecule has 1 aromatic rings. The minimum Gasteiger partial charge on any atom is -0.302 e. The first-order chi connectivity index (χ1) is 8.78. The Balaban J connectivity index is 1.80. The van der Waals surface area contributed by atoms with Gasteiger partial charge in [0.05, 0.1) is 6.20 Å². The predicted octanol–water partition coefficient (Wildman–Crippen LogP) is 2.30. The van der Waals surface area contributed by atoms with Crippen LogP contribution in [0, 0.1) is 18.3 Å². The largest absolute Gasteiger partial charge is 0.302 e. The van der Waals surface area contributed by atoms with Gasteiger partial charge in [0.2, 0.25) is 0 Å². The molecular weight excluding hydrogens is 222 g/mol. The molecule has 0 radical (unpaired) electrons. The van der Waals surface area contributed by atoms with E-state index in [0.717, 1.165) is 19.0 Å². The van der Waals surface area contributed by atoms with E-state index in [4.69, 9.17) is 6.42 Å². The van der Waals surface area contributed by atoms with Gasteiger partial charge in [-0.1, -0.05) is 18.1 Å². The maximum Gasteiger partial charge on any atom is 0.101 e. The van der Waals surface area contributed by atoms with Gasteiger partial charge >= 0.3 is 0 Å². The molecule has 0 amide bonds. The van der Waals surface area contributed by atoms with Gasteiger partial charge in [-0.2, -0.15) is 5.10 Å². The lowest BCUT2D eigenvalue weighted by molar-refractivity contribution is 0.258. The van der Waals surface area contributed by atoms with E-state index in [0.29, 0.717) is 6.54 Å². The van der Waals surface area contributed by atoms with E-state index >= 15 is 0 Å². The van der Waals surface area contributed by atoms with Crippen molar-refractivity contribution in [1.82, 2.24) is 14.7 Å². The summed E-state index contributed by atoms with van der Waals surface area (Å²) >= 11 is 0. The van der Waals surface area contributed by atoms with Gasteiger partial charge in [-0.05, 0) is 32.2 Å². The minimum atomic E-state index is 0.553. The molecule has 2 rings (SSSR count). The number of aromatic nitrogens is 2. The van der Waals surface area contributed by atoms with Crippen LogP contribution >= 0.6 is 0 Å². The van der Waals surface area contributed by atoms with Crippen molar-refractivity contribution in [3.05, 3.63) is 30.1 Å². The third-order valence-electron chi connectivity index (χ3n) is 3.34. The zero-order valence-electron chi connectivity index (χ0n) is 11.0. The Morgan fingerprint density at radius 1 is 1.56 bits per heavy atom. The lowest BCUT2D eigenvalue weighted by atomic mass is 9.94. The molecule has 0 saturated heterocycles. The van der Waals surface area contributed by atoms with Crippen LogP contribution in [0.15, 0.2) is 24.5 Å². The van der Waals surface area contributed by atoms with Crippen molar-refractivity contribution in [1.29, 1.82) is 0 Å². The second kappa shape index (κ2) is 6.42. The van der Waals surface area contributed by atoms with Crippen LogP contribution in [0.4, 0.5) is 0 Å². The standard InChI is InChI=1S/C15H21N3/c1-3-9-18-13-15(10-16-18)12-17(2)11-14-7-5-4-6-8-14/h1,4-5,10,13-14H,6-9,11-12H2,2H3/t14-/m0/s1. The highest BCUT2D eigenvalue weighted by atomic mass is 15.3. The number of allylic oxidation sites excluding steroid dienone is 2. The summed E-state index contributed by atoms with van der Waals surface area (Å²) in [5, 5.41) is 4.24. The van der Waals surface area contributed by atoms with Gasteiger partial charge in [-0.15, -0.1) is 6.42 Å². The second-order valence-corrected chi connectivity index (χ2v) is 5.10. The van der Waals surface area contributed by atoms with E-state index in [1.807, 2.05) is 17.1 Å². The van der Waals surface area contributed by atoms with E-state index in [9.17, 15) is 0 Å².